The van der Waals surface area contributed by atoms with Crippen molar-refractivity contribution in [3.63, 3.8) is 0 Å². The van der Waals surface area contributed by atoms with E-state index in [9.17, 15) is 10.1 Å². The van der Waals surface area contributed by atoms with Gasteiger partial charge in [-0.1, -0.05) is 12.1 Å². The van der Waals surface area contributed by atoms with Crippen LogP contribution in [0, 0.1) is 17.2 Å². The number of oxazole rings is 1. The summed E-state index contributed by atoms with van der Waals surface area (Å²) in [6, 6.07) is 13.2. The predicted molar refractivity (Wildman–Crippen MR) is 126 cm³/mol. The predicted octanol–water partition coefficient (Wildman–Crippen LogP) is 4.32. The molecule has 10 heteroatoms. The lowest BCUT2D eigenvalue weighted by Gasteiger charge is -2.31. The van der Waals surface area contributed by atoms with Crippen molar-refractivity contribution < 1.29 is 13.6 Å². The number of amides is 1. The van der Waals surface area contributed by atoms with Crippen molar-refractivity contribution in [1.29, 1.82) is 5.26 Å². The van der Waals surface area contributed by atoms with Gasteiger partial charge in [0.25, 0.3) is 5.89 Å². The van der Waals surface area contributed by atoms with Gasteiger partial charge in [-0.05, 0) is 49.9 Å². The summed E-state index contributed by atoms with van der Waals surface area (Å²) in [7, 11) is 0. The third-order valence-corrected chi connectivity index (χ3v) is 6.46. The quantitative estimate of drug-likeness (QED) is 0.426. The van der Waals surface area contributed by atoms with Gasteiger partial charge >= 0.3 is 0 Å². The first-order chi connectivity index (χ1) is 17.2. The Kier molecular flexibility index (Phi) is 5.29. The number of nitrogens with one attached hydrogen (secondary N) is 2. The fraction of sp³-hybridized carbons (Fsp3) is 0.320. The SMILES string of the molecule is N#Cc1nc(-c2ccco2)oc1N1CCC(C(=O)Nc2cccc(-c3n[nH]c(C4CC4)n3)c2)CC1. The van der Waals surface area contributed by atoms with Crippen LogP contribution in [0.2, 0.25) is 0 Å². The Morgan fingerprint density at radius 1 is 1.14 bits per heavy atom. The van der Waals surface area contributed by atoms with Crippen LogP contribution in [0.1, 0.15) is 43.1 Å². The Labute approximate surface area is 201 Å². The largest absolute Gasteiger partial charge is 0.459 e. The van der Waals surface area contributed by atoms with E-state index in [0.29, 0.717) is 49.3 Å². The molecule has 1 aliphatic carbocycles. The second-order valence-electron chi connectivity index (χ2n) is 8.91. The van der Waals surface area contributed by atoms with Gasteiger partial charge in [0.05, 0.1) is 6.26 Å². The molecule has 6 rings (SSSR count). The zero-order chi connectivity index (χ0) is 23.8. The van der Waals surface area contributed by atoms with Crippen LogP contribution in [-0.2, 0) is 4.79 Å². The molecule has 1 saturated carbocycles. The van der Waals surface area contributed by atoms with Crippen molar-refractivity contribution in [3.05, 3.63) is 54.2 Å². The van der Waals surface area contributed by atoms with E-state index in [4.69, 9.17) is 8.83 Å². The lowest BCUT2D eigenvalue weighted by atomic mass is 9.95. The molecular weight excluding hydrogens is 446 g/mol. The molecule has 10 nitrogen and oxygen atoms in total. The Morgan fingerprint density at radius 2 is 2.00 bits per heavy atom. The van der Waals surface area contributed by atoms with E-state index in [2.05, 4.69) is 31.6 Å². The molecule has 1 aromatic carbocycles. The first kappa shape index (κ1) is 21.2. The average molecular weight is 470 g/mol. The monoisotopic (exact) mass is 469 g/mol. The molecule has 0 radical (unpaired) electrons. The molecule has 35 heavy (non-hydrogen) atoms. The van der Waals surface area contributed by atoms with Crippen LogP contribution in [0.25, 0.3) is 23.0 Å². The number of rotatable bonds is 6. The van der Waals surface area contributed by atoms with E-state index in [0.717, 1.165) is 29.9 Å². The van der Waals surface area contributed by atoms with Crippen LogP contribution in [0.5, 0.6) is 0 Å². The van der Waals surface area contributed by atoms with Gasteiger partial charge in [0.2, 0.25) is 17.5 Å². The number of hydrogen-bond donors (Lipinski definition) is 2. The molecule has 0 bridgehead atoms. The third kappa shape index (κ3) is 4.28. The zero-order valence-electron chi connectivity index (χ0n) is 18.9. The molecule has 4 heterocycles. The minimum Gasteiger partial charge on any atom is -0.459 e. The Balaban J connectivity index is 1.09. The molecule has 0 unspecified atom stereocenters. The minimum absolute atomic E-state index is 0.0233. The number of piperidine rings is 1. The van der Waals surface area contributed by atoms with Crippen molar-refractivity contribution in [1.82, 2.24) is 20.2 Å². The zero-order valence-corrected chi connectivity index (χ0v) is 18.9. The highest BCUT2D eigenvalue weighted by Gasteiger charge is 2.30. The molecule has 3 aromatic heterocycles. The van der Waals surface area contributed by atoms with E-state index in [1.165, 1.54) is 6.26 Å². The summed E-state index contributed by atoms with van der Waals surface area (Å²) in [5, 5.41) is 19.9. The number of H-pyrrole nitrogens is 1. The first-order valence-corrected chi connectivity index (χ1v) is 11.7. The van der Waals surface area contributed by atoms with Crippen LogP contribution in [-0.4, -0.2) is 39.2 Å². The number of aromatic amines is 1. The number of anilines is 2. The van der Waals surface area contributed by atoms with Gasteiger partial charge in [0, 0.05) is 36.2 Å². The minimum atomic E-state index is -0.141. The van der Waals surface area contributed by atoms with Crippen LogP contribution in [0.3, 0.4) is 0 Å². The molecule has 2 N–H and O–H groups in total. The number of carbonyl (C=O) groups excluding carboxylic acids is 1. The molecule has 1 amide bonds. The number of nitrogens with zero attached hydrogens (tertiary/aromatic N) is 5. The van der Waals surface area contributed by atoms with E-state index in [1.807, 2.05) is 29.2 Å². The number of furan rings is 1. The topological polar surface area (TPSA) is 137 Å². The Morgan fingerprint density at radius 3 is 2.74 bits per heavy atom. The van der Waals surface area contributed by atoms with E-state index < -0.39 is 0 Å². The van der Waals surface area contributed by atoms with Crippen LogP contribution in [0.15, 0.2) is 51.5 Å². The summed E-state index contributed by atoms with van der Waals surface area (Å²) in [6.45, 7) is 1.17. The molecule has 2 fully saturated rings. The highest BCUT2D eigenvalue weighted by Crippen LogP contribution is 2.38. The number of benzene rings is 1. The van der Waals surface area contributed by atoms with Gasteiger partial charge < -0.3 is 19.1 Å². The van der Waals surface area contributed by atoms with Gasteiger partial charge in [-0.25, -0.2) is 4.98 Å². The summed E-state index contributed by atoms with van der Waals surface area (Å²) in [5.41, 5.74) is 1.80. The van der Waals surface area contributed by atoms with Gasteiger partial charge in [0.1, 0.15) is 11.9 Å². The lowest BCUT2D eigenvalue weighted by Crippen LogP contribution is -2.38. The van der Waals surface area contributed by atoms with Crippen LogP contribution in [0.4, 0.5) is 11.6 Å². The first-order valence-electron chi connectivity index (χ1n) is 11.7. The van der Waals surface area contributed by atoms with Crippen molar-refractivity contribution >= 4 is 17.5 Å². The van der Waals surface area contributed by atoms with Crippen molar-refractivity contribution in [3.8, 4) is 29.1 Å². The normalized spacial score (nSPS) is 16.3. The number of nitriles is 1. The van der Waals surface area contributed by atoms with Crippen molar-refractivity contribution in [2.24, 2.45) is 5.92 Å². The number of hydrogen-bond acceptors (Lipinski definition) is 8. The van der Waals surface area contributed by atoms with Crippen molar-refractivity contribution in [2.45, 2.75) is 31.6 Å². The standard InChI is InChI=1S/C25H23N7O3/c26-14-19-25(35-24(28-19)20-5-2-12-34-20)32-10-8-16(9-11-32)23(33)27-18-4-1-3-17(13-18)22-29-21(30-31-22)15-6-7-15/h1-5,12-13,15-16H,6-11H2,(H,27,33)(H,29,30,31). The number of carbonyl (C=O) groups is 1. The van der Waals surface area contributed by atoms with E-state index in [-0.39, 0.29) is 23.4 Å². The van der Waals surface area contributed by atoms with Crippen molar-refractivity contribution in [2.75, 3.05) is 23.3 Å². The van der Waals surface area contributed by atoms with Gasteiger partial charge in [-0.15, -0.1) is 0 Å². The summed E-state index contributed by atoms with van der Waals surface area (Å²) in [6.07, 6.45) is 5.12. The molecule has 2 aliphatic rings. The lowest BCUT2D eigenvalue weighted by molar-refractivity contribution is -0.120. The molecular formula is C25H23N7O3. The average Bonchev–Trinajstić information content (AvgIpc) is 3.29. The molecule has 4 aromatic rings. The van der Waals surface area contributed by atoms with Gasteiger partial charge in [0.15, 0.2) is 11.6 Å². The summed E-state index contributed by atoms with van der Waals surface area (Å²) in [5.74, 6) is 3.08. The molecule has 1 aliphatic heterocycles. The maximum absolute atomic E-state index is 13.0. The smallest absolute Gasteiger partial charge is 0.266 e. The second kappa shape index (κ2) is 8.76. The maximum Gasteiger partial charge on any atom is 0.266 e. The van der Waals surface area contributed by atoms with E-state index >= 15 is 0 Å². The highest BCUT2D eigenvalue weighted by atomic mass is 16.4. The summed E-state index contributed by atoms with van der Waals surface area (Å²) < 4.78 is 11.2. The number of aromatic nitrogens is 4. The fourth-order valence-corrected chi connectivity index (χ4v) is 4.37. The van der Waals surface area contributed by atoms with Crippen LogP contribution >= 0.6 is 0 Å². The maximum atomic E-state index is 13.0. The van der Waals surface area contributed by atoms with Gasteiger partial charge in [-0.3, -0.25) is 9.89 Å². The Bertz CT molecular complexity index is 1390. The molecule has 176 valence electrons. The van der Waals surface area contributed by atoms with Gasteiger partial charge in [-0.2, -0.15) is 15.3 Å². The molecule has 1 saturated heterocycles. The third-order valence-electron chi connectivity index (χ3n) is 6.46. The second-order valence-corrected chi connectivity index (χ2v) is 8.91. The Hall–Kier alpha value is -4.39. The molecule has 0 atom stereocenters. The highest BCUT2D eigenvalue weighted by molar-refractivity contribution is 5.93. The van der Waals surface area contributed by atoms with E-state index in [1.54, 1.807) is 12.1 Å². The fourth-order valence-electron chi connectivity index (χ4n) is 4.37. The summed E-state index contributed by atoms with van der Waals surface area (Å²) >= 11 is 0. The molecule has 0 spiro atoms. The van der Waals surface area contributed by atoms with Crippen LogP contribution < -0.4 is 10.2 Å². The summed E-state index contributed by atoms with van der Waals surface area (Å²) in [4.78, 5) is 23.8.